The van der Waals surface area contributed by atoms with E-state index in [4.69, 9.17) is 9.31 Å². The minimum Gasteiger partial charge on any atom is -0.404 e. The summed E-state index contributed by atoms with van der Waals surface area (Å²) in [6.07, 6.45) is 3.83. The largest absolute Gasteiger partial charge is 0.496 e. The summed E-state index contributed by atoms with van der Waals surface area (Å²) in [6, 6.07) is 4.13. The van der Waals surface area contributed by atoms with Crippen molar-refractivity contribution >= 4 is 23.6 Å². The Morgan fingerprint density at radius 2 is 2.29 bits per heavy atom. The van der Waals surface area contributed by atoms with Crippen molar-refractivity contribution in [2.24, 2.45) is 7.05 Å². The fraction of sp³-hybridized carbons (Fsp3) is 0.417. The highest BCUT2D eigenvalue weighted by Gasteiger charge is 2.38. The molecule has 0 amide bonds. The zero-order valence-electron chi connectivity index (χ0n) is 10.3. The molecule has 0 spiro atoms. The van der Waals surface area contributed by atoms with E-state index in [2.05, 4.69) is 11.1 Å². The second kappa shape index (κ2) is 3.58. The third kappa shape index (κ3) is 1.85. The van der Waals surface area contributed by atoms with Crippen molar-refractivity contribution in [2.75, 3.05) is 6.61 Å². The second-order valence-corrected chi connectivity index (χ2v) is 5.13. The van der Waals surface area contributed by atoms with Crippen LogP contribution in [0.1, 0.15) is 13.8 Å². The van der Waals surface area contributed by atoms with Crippen LogP contribution in [0.15, 0.2) is 24.5 Å². The molecule has 0 atom stereocenters. The lowest BCUT2D eigenvalue weighted by molar-refractivity contribution is 0.137. The van der Waals surface area contributed by atoms with Gasteiger partial charge in [0, 0.05) is 30.3 Å². The van der Waals surface area contributed by atoms with Gasteiger partial charge in [0.25, 0.3) is 0 Å². The molecule has 1 aliphatic heterocycles. The highest BCUT2D eigenvalue weighted by Crippen LogP contribution is 2.20. The standard InChI is InChI=1S/C12H15BN2O2/c1-12(2)8-16-13(17-12)10-6-9-4-5-15(3)11(9)14-7-10/h4-7H,8H2,1-3H3. The molecule has 0 bridgehead atoms. The van der Waals surface area contributed by atoms with Crippen molar-refractivity contribution in [1.29, 1.82) is 0 Å². The Kier molecular flexibility index (Phi) is 2.28. The van der Waals surface area contributed by atoms with Crippen molar-refractivity contribution < 1.29 is 9.31 Å². The average molecular weight is 230 g/mol. The molecule has 2 aromatic rings. The summed E-state index contributed by atoms with van der Waals surface area (Å²) in [5.41, 5.74) is 1.75. The molecule has 88 valence electrons. The van der Waals surface area contributed by atoms with E-state index in [0.717, 1.165) is 16.5 Å². The number of fused-ring (bicyclic) bond motifs is 1. The summed E-state index contributed by atoms with van der Waals surface area (Å²) in [4.78, 5) is 4.44. The highest BCUT2D eigenvalue weighted by atomic mass is 16.7. The third-order valence-electron chi connectivity index (χ3n) is 3.01. The molecule has 0 aromatic carbocycles. The van der Waals surface area contributed by atoms with Gasteiger partial charge < -0.3 is 13.9 Å². The maximum Gasteiger partial charge on any atom is 0.496 e. The van der Waals surface area contributed by atoms with Crippen LogP contribution in [-0.4, -0.2) is 28.9 Å². The lowest BCUT2D eigenvalue weighted by Crippen LogP contribution is -2.34. The van der Waals surface area contributed by atoms with Crippen molar-refractivity contribution in [3.63, 3.8) is 0 Å². The third-order valence-corrected chi connectivity index (χ3v) is 3.01. The Morgan fingerprint density at radius 1 is 1.47 bits per heavy atom. The van der Waals surface area contributed by atoms with Gasteiger partial charge in [0.2, 0.25) is 0 Å². The summed E-state index contributed by atoms with van der Waals surface area (Å²) in [5.74, 6) is 0. The molecule has 1 aliphatic rings. The first-order chi connectivity index (χ1) is 8.05. The van der Waals surface area contributed by atoms with Crippen molar-refractivity contribution in [2.45, 2.75) is 19.4 Å². The van der Waals surface area contributed by atoms with Gasteiger partial charge in [0.05, 0.1) is 12.2 Å². The predicted molar refractivity (Wildman–Crippen MR) is 67.2 cm³/mol. The van der Waals surface area contributed by atoms with E-state index in [1.807, 2.05) is 43.9 Å². The number of rotatable bonds is 1. The van der Waals surface area contributed by atoms with Gasteiger partial charge in [-0.3, -0.25) is 0 Å². The molecule has 0 saturated carbocycles. The quantitative estimate of drug-likeness (QED) is 0.688. The number of pyridine rings is 1. The summed E-state index contributed by atoms with van der Waals surface area (Å²) in [5, 5.41) is 1.11. The van der Waals surface area contributed by atoms with E-state index in [9.17, 15) is 0 Å². The lowest BCUT2D eigenvalue weighted by atomic mass is 9.80. The van der Waals surface area contributed by atoms with Gasteiger partial charge in [0.1, 0.15) is 5.65 Å². The zero-order chi connectivity index (χ0) is 12.0. The molecule has 2 aromatic heterocycles. The fourth-order valence-electron chi connectivity index (χ4n) is 2.10. The van der Waals surface area contributed by atoms with Crippen LogP contribution in [-0.2, 0) is 16.4 Å². The topological polar surface area (TPSA) is 36.3 Å². The van der Waals surface area contributed by atoms with E-state index >= 15 is 0 Å². The Labute approximate surface area is 101 Å². The Morgan fingerprint density at radius 3 is 3.00 bits per heavy atom. The van der Waals surface area contributed by atoms with Gasteiger partial charge in [-0.15, -0.1) is 0 Å². The average Bonchev–Trinajstić information content (AvgIpc) is 2.82. The molecule has 3 rings (SSSR count). The molecule has 4 nitrogen and oxygen atoms in total. The van der Waals surface area contributed by atoms with Crippen LogP contribution in [0.25, 0.3) is 11.0 Å². The predicted octanol–water partition coefficient (Wildman–Crippen LogP) is 1.09. The SMILES string of the molecule is Cn1ccc2cc(B3OCC(C)(C)O3)cnc21. The molecule has 0 unspecified atom stereocenters. The fourth-order valence-corrected chi connectivity index (χ4v) is 2.10. The summed E-state index contributed by atoms with van der Waals surface area (Å²) in [6.45, 7) is 4.67. The first-order valence-corrected chi connectivity index (χ1v) is 5.76. The lowest BCUT2D eigenvalue weighted by Gasteiger charge is -2.15. The monoisotopic (exact) mass is 230 g/mol. The first-order valence-electron chi connectivity index (χ1n) is 5.76. The Bertz CT molecular complexity index is 565. The zero-order valence-corrected chi connectivity index (χ0v) is 10.3. The Balaban J connectivity index is 1.96. The van der Waals surface area contributed by atoms with Crippen LogP contribution < -0.4 is 5.46 Å². The van der Waals surface area contributed by atoms with E-state index in [0.29, 0.717) is 6.61 Å². The molecule has 1 fully saturated rings. The van der Waals surface area contributed by atoms with Crippen molar-refractivity contribution in [3.05, 3.63) is 24.5 Å². The molecule has 1 saturated heterocycles. The van der Waals surface area contributed by atoms with E-state index in [1.54, 1.807) is 0 Å². The number of hydrogen-bond donors (Lipinski definition) is 0. The van der Waals surface area contributed by atoms with Crippen molar-refractivity contribution in [1.82, 2.24) is 9.55 Å². The van der Waals surface area contributed by atoms with Crippen LogP contribution in [0, 0.1) is 0 Å². The van der Waals surface area contributed by atoms with Gasteiger partial charge in [0.15, 0.2) is 0 Å². The van der Waals surface area contributed by atoms with Crippen LogP contribution in [0.2, 0.25) is 0 Å². The van der Waals surface area contributed by atoms with Crippen LogP contribution in [0.3, 0.4) is 0 Å². The van der Waals surface area contributed by atoms with Crippen LogP contribution >= 0.6 is 0 Å². The number of nitrogens with zero attached hydrogens (tertiary/aromatic N) is 2. The minimum absolute atomic E-state index is 0.212. The molecule has 0 aliphatic carbocycles. The van der Waals surface area contributed by atoms with E-state index < -0.39 is 0 Å². The molecule has 5 heteroatoms. The van der Waals surface area contributed by atoms with Gasteiger partial charge in [-0.05, 0) is 26.0 Å². The van der Waals surface area contributed by atoms with Gasteiger partial charge in [-0.2, -0.15) is 0 Å². The Hall–Kier alpha value is -1.33. The van der Waals surface area contributed by atoms with Gasteiger partial charge in [-0.1, -0.05) is 0 Å². The molecule has 0 radical (unpaired) electrons. The van der Waals surface area contributed by atoms with Crippen molar-refractivity contribution in [3.8, 4) is 0 Å². The smallest absolute Gasteiger partial charge is 0.404 e. The number of aromatic nitrogens is 2. The first kappa shape index (κ1) is 10.8. The summed E-state index contributed by atoms with van der Waals surface area (Å²) >= 11 is 0. The molecule has 3 heterocycles. The number of hydrogen-bond acceptors (Lipinski definition) is 3. The maximum atomic E-state index is 5.82. The molecular formula is C12H15BN2O2. The van der Waals surface area contributed by atoms with Crippen LogP contribution in [0.5, 0.6) is 0 Å². The highest BCUT2D eigenvalue weighted by molar-refractivity contribution is 6.62. The second-order valence-electron chi connectivity index (χ2n) is 5.13. The minimum atomic E-state index is -0.290. The van der Waals surface area contributed by atoms with E-state index in [1.165, 1.54) is 0 Å². The molecule has 0 N–H and O–H groups in total. The maximum absolute atomic E-state index is 5.82. The van der Waals surface area contributed by atoms with E-state index in [-0.39, 0.29) is 12.7 Å². The van der Waals surface area contributed by atoms with Gasteiger partial charge in [-0.25, -0.2) is 4.98 Å². The van der Waals surface area contributed by atoms with Gasteiger partial charge >= 0.3 is 7.12 Å². The van der Waals surface area contributed by atoms with Crippen LogP contribution in [0.4, 0.5) is 0 Å². The normalized spacial score (nSPS) is 19.1. The number of aryl methyl sites for hydroxylation is 1. The summed E-state index contributed by atoms with van der Waals surface area (Å²) in [7, 11) is 1.70. The molecule has 17 heavy (non-hydrogen) atoms. The summed E-state index contributed by atoms with van der Waals surface area (Å²) < 4.78 is 13.5. The molecular weight excluding hydrogens is 215 g/mol.